The Morgan fingerprint density at radius 3 is 2.29 bits per heavy atom. The number of piperazine rings is 1. The Labute approximate surface area is 144 Å². The largest absolute Gasteiger partial charge is 0.497 e. The van der Waals surface area contributed by atoms with Crippen LogP contribution in [0.4, 0.5) is 0 Å². The molecule has 1 aromatic carbocycles. The van der Waals surface area contributed by atoms with Crippen molar-refractivity contribution < 1.29 is 9.26 Å². The number of nitrogens with zero attached hydrogens (tertiary/aromatic N) is 3. The number of benzene rings is 1. The molecule has 130 valence electrons. The van der Waals surface area contributed by atoms with Gasteiger partial charge in [0.15, 0.2) is 0 Å². The standard InChI is InChI=1S/C19H27N3O2/c1-15-19(16(2)24-20-15)14-22-12-10-21(11-13-22)9-8-17-4-6-18(23-3)7-5-17/h4-7H,8-14H2,1-3H3. The minimum atomic E-state index is 0.923. The molecule has 2 heterocycles. The van der Waals surface area contributed by atoms with Crippen molar-refractivity contribution in [1.29, 1.82) is 0 Å². The molecule has 0 spiro atoms. The highest BCUT2D eigenvalue weighted by Gasteiger charge is 2.19. The van der Waals surface area contributed by atoms with Crippen LogP contribution < -0.4 is 4.74 Å². The fourth-order valence-electron chi connectivity index (χ4n) is 3.20. The summed E-state index contributed by atoms with van der Waals surface area (Å²) in [6.07, 6.45) is 1.09. The van der Waals surface area contributed by atoms with E-state index in [1.807, 2.05) is 26.0 Å². The fourth-order valence-corrected chi connectivity index (χ4v) is 3.20. The zero-order chi connectivity index (χ0) is 16.9. The molecular formula is C19H27N3O2. The third kappa shape index (κ3) is 4.16. The van der Waals surface area contributed by atoms with Gasteiger partial charge in [0.2, 0.25) is 0 Å². The van der Waals surface area contributed by atoms with Crippen LogP contribution >= 0.6 is 0 Å². The Balaban J connectivity index is 1.43. The van der Waals surface area contributed by atoms with Crippen LogP contribution in [0.15, 0.2) is 28.8 Å². The maximum Gasteiger partial charge on any atom is 0.138 e. The lowest BCUT2D eigenvalue weighted by atomic mass is 10.1. The lowest BCUT2D eigenvalue weighted by Crippen LogP contribution is -2.46. The maximum atomic E-state index is 5.27. The summed E-state index contributed by atoms with van der Waals surface area (Å²) in [5.41, 5.74) is 3.64. The number of ether oxygens (including phenoxy) is 1. The van der Waals surface area contributed by atoms with Crippen LogP contribution in [0, 0.1) is 13.8 Å². The molecule has 3 rings (SSSR count). The van der Waals surface area contributed by atoms with Crippen LogP contribution in [0.5, 0.6) is 5.75 Å². The molecule has 0 amide bonds. The molecule has 0 aliphatic carbocycles. The summed E-state index contributed by atoms with van der Waals surface area (Å²) >= 11 is 0. The van der Waals surface area contributed by atoms with E-state index in [0.717, 1.165) is 62.9 Å². The summed E-state index contributed by atoms with van der Waals surface area (Å²) in [4.78, 5) is 5.05. The highest BCUT2D eigenvalue weighted by Crippen LogP contribution is 2.17. The van der Waals surface area contributed by atoms with Gasteiger partial charge in [-0.2, -0.15) is 0 Å². The third-order valence-electron chi connectivity index (χ3n) is 4.90. The van der Waals surface area contributed by atoms with Crippen LogP contribution in [-0.2, 0) is 13.0 Å². The zero-order valence-corrected chi connectivity index (χ0v) is 14.9. The molecule has 5 nitrogen and oxygen atoms in total. The number of aromatic nitrogens is 1. The lowest BCUT2D eigenvalue weighted by molar-refractivity contribution is 0.127. The number of hydrogen-bond donors (Lipinski definition) is 0. The van der Waals surface area contributed by atoms with Gasteiger partial charge < -0.3 is 14.2 Å². The number of aryl methyl sites for hydroxylation is 2. The Morgan fingerprint density at radius 1 is 1.04 bits per heavy atom. The van der Waals surface area contributed by atoms with Crippen molar-refractivity contribution in [1.82, 2.24) is 15.0 Å². The molecule has 0 saturated carbocycles. The van der Waals surface area contributed by atoms with Gasteiger partial charge in [0.05, 0.1) is 12.8 Å². The molecule has 2 aromatic rings. The van der Waals surface area contributed by atoms with E-state index in [1.54, 1.807) is 7.11 Å². The molecule has 5 heteroatoms. The maximum absolute atomic E-state index is 5.27. The van der Waals surface area contributed by atoms with Crippen molar-refractivity contribution in [2.75, 3.05) is 39.8 Å². The summed E-state index contributed by atoms with van der Waals surface area (Å²) in [6, 6.07) is 8.40. The van der Waals surface area contributed by atoms with E-state index >= 15 is 0 Å². The van der Waals surface area contributed by atoms with Crippen molar-refractivity contribution in [3.05, 3.63) is 46.8 Å². The molecule has 1 aliphatic rings. The highest BCUT2D eigenvalue weighted by molar-refractivity contribution is 5.27. The van der Waals surface area contributed by atoms with Crippen molar-refractivity contribution >= 4 is 0 Å². The minimum absolute atomic E-state index is 0.923. The van der Waals surface area contributed by atoms with Crippen LogP contribution in [0.25, 0.3) is 0 Å². The summed E-state index contributed by atoms with van der Waals surface area (Å²) < 4.78 is 10.5. The molecule has 0 radical (unpaired) electrons. The molecule has 24 heavy (non-hydrogen) atoms. The molecule has 0 bridgehead atoms. The van der Waals surface area contributed by atoms with Gasteiger partial charge in [-0.3, -0.25) is 4.90 Å². The molecule has 1 aliphatic heterocycles. The predicted molar refractivity (Wildman–Crippen MR) is 94.4 cm³/mol. The van der Waals surface area contributed by atoms with Gasteiger partial charge in [0, 0.05) is 44.8 Å². The second kappa shape index (κ2) is 7.81. The van der Waals surface area contributed by atoms with E-state index in [2.05, 4.69) is 27.1 Å². The smallest absolute Gasteiger partial charge is 0.138 e. The third-order valence-corrected chi connectivity index (χ3v) is 4.90. The number of rotatable bonds is 6. The Morgan fingerprint density at radius 2 is 1.71 bits per heavy atom. The van der Waals surface area contributed by atoms with Crippen LogP contribution in [0.3, 0.4) is 0 Å². The molecule has 1 saturated heterocycles. The van der Waals surface area contributed by atoms with Crippen LogP contribution in [-0.4, -0.2) is 54.8 Å². The van der Waals surface area contributed by atoms with Crippen molar-refractivity contribution in [3.63, 3.8) is 0 Å². The van der Waals surface area contributed by atoms with E-state index in [0.29, 0.717) is 0 Å². The second-order valence-electron chi connectivity index (χ2n) is 6.52. The highest BCUT2D eigenvalue weighted by atomic mass is 16.5. The summed E-state index contributed by atoms with van der Waals surface area (Å²) in [5, 5.41) is 4.05. The second-order valence-corrected chi connectivity index (χ2v) is 6.52. The van der Waals surface area contributed by atoms with Crippen molar-refractivity contribution in [3.8, 4) is 5.75 Å². The first kappa shape index (κ1) is 17.0. The summed E-state index contributed by atoms with van der Waals surface area (Å²) in [6.45, 7) is 10.6. The molecule has 0 unspecified atom stereocenters. The molecule has 0 N–H and O–H groups in total. The topological polar surface area (TPSA) is 41.7 Å². The van der Waals surface area contributed by atoms with E-state index in [9.17, 15) is 0 Å². The van der Waals surface area contributed by atoms with Gasteiger partial charge in [0.25, 0.3) is 0 Å². The minimum Gasteiger partial charge on any atom is -0.497 e. The van der Waals surface area contributed by atoms with Crippen molar-refractivity contribution in [2.45, 2.75) is 26.8 Å². The first-order valence-corrected chi connectivity index (χ1v) is 8.65. The SMILES string of the molecule is COc1ccc(CCN2CCN(Cc3c(C)noc3C)CC2)cc1. The summed E-state index contributed by atoms with van der Waals surface area (Å²) in [7, 11) is 1.71. The fraction of sp³-hybridized carbons (Fsp3) is 0.526. The first-order valence-electron chi connectivity index (χ1n) is 8.65. The van der Waals surface area contributed by atoms with Gasteiger partial charge in [-0.25, -0.2) is 0 Å². The Bertz CT molecular complexity index is 624. The average Bonchev–Trinajstić information content (AvgIpc) is 2.93. The molecular weight excluding hydrogens is 302 g/mol. The van der Waals surface area contributed by atoms with Gasteiger partial charge in [-0.15, -0.1) is 0 Å². The predicted octanol–water partition coefficient (Wildman–Crippen LogP) is 2.66. The van der Waals surface area contributed by atoms with Gasteiger partial charge >= 0.3 is 0 Å². The van der Waals surface area contributed by atoms with Crippen LogP contribution in [0.1, 0.15) is 22.6 Å². The monoisotopic (exact) mass is 329 g/mol. The molecule has 1 fully saturated rings. The first-order chi connectivity index (χ1) is 11.7. The summed E-state index contributed by atoms with van der Waals surface area (Å²) in [5.74, 6) is 1.88. The molecule has 1 aromatic heterocycles. The van der Waals surface area contributed by atoms with Crippen molar-refractivity contribution in [2.24, 2.45) is 0 Å². The van der Waals surface area contributed by atoms with E-state index < -0.39 is 0 Å². The quantitative estimate of drug-likeness (QED) is 0.815. The normalized spacial score (nSPS) is 16.5. The number of methoxy groups -OCH3 is 1. The molecule has 0 atom stereocenters. The van der Waals surface area contributed by atoms with Gasteiger partial charge in [0.1, 0.15) is 11.5 Å². The van der Waals surface area contributed by atoms with E-state index in [4.69, 9.17) is 9.26 Å². The van der Waals surface area contributed by atoms with Gasteiger partial charge in [-0.1, -0.05) is 17.3 Å². The number of hydrogen-bond acceptors (Lipinski definition) is 5. The lowest BCUT2D eigenvalue weighted by Gasteiger charge is -2.34. The average molecular weight is 329 g/mol. The zero-order valence-electron chi connectivity index (χ0n) is 14.9. The Hall–Kier alpha value is -1.85. The van der Waals surface area contributed by atoms with Crippen LogP contribution in [0.2, 0.25) is 0 Å². The van der Waals surface area contributed by atoms with E-state index in [-0.39, 0.29) is 0 Å². The van der Waals surface area contributed by atoms with E-state index in [1.165, 1.54) is 11.1 Å². The van der Waals surface area contributed by atoms with Gasteiger partial charge in [-0.05, 0) is 38.0 Å². The Kier molecular flexibility index (Phi) is 5.53.